The molecular formula is C10H11BrN2O. The van der Waals surface area contributed by atoms with Gasteiger partial charge in [-0.3, -0.25) is 4.68 Å². The van der Waals surface area contributed by atoms with Crippen LogP contribution in [0.15, 0.2) is 16.6 Å². The maximum atomic E-state index is 5.32. The number of hydrogen-bond donors (Lipinski definition) is 0. The fourth-order valence-corrected chi connectivity index (χ4v) is 1.99. The molecule has 3 nitrogen and oxygen atoms in total. The number of halogens is 1. The highest BCUT2D eigenvalue weighted by Crippen LogP contribution is 2.31. The lowest BCUT2D eigenvalue weighted by Gasteiger charge is -2.02. The molecule has 2 rings (SSSR count). The van der Waals surface area contributed by atoms with Crippen molar-refractivity contribution in [3.63, 3.8) is 0 Å². The van der Waals surface area contributed by atoms with Crippen molar-refractivity contribution in [1.82, 2.24) is 9.78 Å². The molecule has 0 N–H and O–H groups in total. The third-order valence-electron chi connectivity index (χ3n) is 2.37. The molecule has 14 heavy (non-hydrogen) atoms. The van der Waals surface area contributed by atoms with E-state index < -0.39 is 0 Å². The maximum Gasteiger partial charge on any atom is 0.131 e. The Balaban J connectivity index is 2.88. The van der Waals surface area contributed by atoms with Gasteiger partial charge in [0.2, 0.25) is 0 Å². The zero-order chi connectivity index (χ0) is 10.3. The zero-order valence-electron chi connectivity index (χ0n) is 8.34. The average molecular weight is 255 g/mol. The van der Waals surface area contributed by atoms with Crippen LogP contribution in [0.2, 0.25) is 0 Å². The fourth-order valence-electron chi connectivity index (χ4n) is 1.57. The Bertz CT molecular complexity index is 490. The van der Waals surface area contributed by atoms with E-state index in [-0.39, 0.29) is 0 Å². The Kier molecular flexibility index (Phi) is 2.23. The standard InChI is InChI=1S/C10H11BrN2O/c1-6-10-8(12-13(6)2)4-7(11)5-9(10)14-3/h4-5H,1-3H3. The number of fused-ring (bicyclic) bond motifs is 1. The number of aromatic nitrogens is 2. The molecule has 0 spiro atoms. The van der Waals surface area contributed by atoms with Crippen LogP contribution < -0.4 is 4.74 Å². The summed E-state index contributed by atoms with van der Waals surface area (Å²) in [6, 6.07) is 3.95. The Hall–Kier alpha value is -1.03. The zero-order valence-corrected chi connectivity index (χ0v) is 9.92. The Morgan fingerprint density at radius 2 is 2.14 bits per heavy atom. The summed E-state index contributed by atoms with van der Waals surface area (Å²) < 4.78 is 8.17. The number of methoxy groups -OCH3 is 1. The molecular weight excluding hydrogens is 244 g/mol. The van der Waals surface area contributed by atoms with Gasteiger partial charge in [0, 0.05) is 17.2 Å². The monoisotopic (exact) mass is 254 g/mol. The average Bonchev–Trinajstić information content (AvgIpc) is 2.41. The molecule has 0 amide bonds. The van der Waals surface area contributed by atoms with Crippen molar-refractivity contribution in [2.24, 2.45) is 7.05 Å². The Morgan fingerprint density at radius 1 is 1.43 bits per heavy atom. The van der Waals surface area contributed by atoms with Gasteiger partial charge >= 0.3 is 0 Å². The molecule has 0 radical (unpaired) electrons. The van der Waals surface area contributed by atoms with Crippen molar-refractivity contribution >= 4 is 26.8 Å². The summed E-state index contributed by atoms with van der Waals surface area (Å²) in [4.78, 5) is 0. The van der Waals surface area contributed by atoms with Gasteiger partial charge in [-0.25, -0.2) is 0 Å². The molecule has 1 heterocycles. The third-order valence-corrected chi connectivity index (χ3v) is 2.83. The van der Waals surface area contributed by atoms with Gasteiger partial charge in [-0.05, 0) is 19.1 Å². The van der Waals surface area contributed by atoms with Crippen LogP contribution in [0, 0.1) is 6.92 Å². The van der Waals surface area contributed by atoms with Gasteiger partial charge < -0.3 is 4.74 Å². The summed E-state index contributed by atoms with van der Waals surface area (Å²) in [5.41, 5.74) is 2.07. The predicted molar refractivity (Wildman–Crippen MR) is 59.7 cm³/mol. The van der Waals surface area contributed by atoms with Gasteiger partial charge in [0.1, 0.15) is 5.75 Å². The van der Waals surface area contributed by atoms with Gasteiger partial charge in [-0.15, -0.1) is 0 Å². The summed E-state index contributed by atoms with van der Waals surface area (Å²) in [6.07, 6.45) is 0. The molecule has 0 unspecified atom stereocenters. The second-order valence-corrected chi connectivity index (χ2v) is 4.13. The first kappa shape index (κ1) is 9.52. The van der Waals surface area contributed by atoms with Gasteiger partial charge in [0.05, 0.1) is 18.0 Å². The topological polar surface area (TPSA) is 27.1 Å². The number of aryl methyl sites for hydroxylation is 2. The summed E-state index contributed by atoms with van der Waals surface area (Å²) in [5.74, 6) is 0.861. The minimum Gasteiger partial charge on any atom is -0.496 e. The van der Waals surface area contributed by atoms with Crippen molar-refractivity contribution in [1.29, 1.82) is 0 Å². The lowest BCUT2D eigenvalue weighted by Crippen LogP contribution is -1.91. The molecule has 74 valence electrons. The van der Waals surface area contributed by atoms with E-state index in [2.05, 4.69) is 21.0 Å². The van der Waals surface area contributed by atoms with Crippen molar-refractivity contribution < 1.29 is 4.74 Å². The first-order valence-corrected chi connectivity index (χ1v) is 5.09. The van der Waals surface area contributed by atoms with Gasteiger partial charge in [0.25, 0.3) is 0 Å². The SMILES string of the molecule is COc1cc(Br)cc2nn(C)c(C)c12. The summed E-state index contributed by atoms with van der Waals surface area (Å²) in [6.45, 7) is 2.03. The van der Waals surface area contributed by atoms with E-state index in [4.69, 9.17) is 4.74 Å². The molecule has 0 aliphatic heterocycles. The molecule has 0 fully saturated rings. The van der Waals surface area contributed by atoms with E-state index in [0.29, 0.717) is 0 Å². The molecule has 2 aromatic rings. The number of ether oxygens (including phenoxy) is 1. The highest BCUT2D eigenvalue weighted by atomic mass is 79.9. The number of benzene rings is 1. The van der Waals surface area contributed by atoms with Gasteiger partial charge in [-0.2, -0.15) is 5.10 Å². The largest absolute Gasteiger partial charge is 0.496 e. The highest BCUT2D eigenvalue weighted by molar-refractivity contribution is 9.10. The maximum absolute atomic E-state index is 5.32. The summed E-state index contributed by atoms with van der Waals surface area (Å²) in [7, 11) is 3.61. The lowest BCUT2D eigenvalue weighted by atomic mass is 10.2. The quantitative estimate of drug-likeness (QED) is 0.783. The van der Waals surface area contributed by atoms with Crippen LogP contribution in [0.1, 0.15) is 5.69 Å². The van der Waals surface area contributed by atoms with Crippen LogP contribution in [0.5, 0.6) is 5.75 Å². The van der Waals surface area contributed by atoms with Crippen molar-refractivity contribution in [2.45, 2.75) is 6.92 Å². The molecule has 0 atom stereocenters. The van der Waals surface area contributed by atoms with E-state index in [1.807, 2.05) is 30.8 Å². The smallest absolute Gasteiger partial charge is 0.131 e. The third kappa shape index (κ3) is 1.30. The van der Waals surface area contributed by atoms with Crippen molar-refractivity contribution in [3.8, 4) is 5.75 Å². The normalized spacial score (nSPS) is 10.9. The molecule has 1 aromatic carbocycles. The first-order valence-electron chi connectivity index (χ1n) is 4.30. The number of nitrogens with zero attached hydrogens (tertiary/aromatic N) is 2. The molecule has 0 bridgehead atoms. The Morgan fingerprint density at radius 3 is 2.79 bits per heavy atom. The van der Waals surface area contributed by atoms with E-state index in [0.717, 1.165) is 26.8 Å². The van der Waals surface area contributed by atoms with Crippen LogP contribution in [0.4, 0.5) is 0 Å². The van der Waals surface area contributed by atoms with Gasteiger partial charge in [-0.1, -0.05) is 15.9 Å². The second-order valence-electron chi connectivity index (χ2n) is 3.21. The van der Waals surface area contributed by atoms with E-state index >= 15 is 0 Å². The van der Waals surface area contributed by atoms with E-state index in [9.17, 15) is 0 Å². The molecule has 0 saturated heterocycles. The van der Waals surface area contributed by atoms with E-state index in [1.165, 1.54) is 0 Å². The summed E-state index contributed by atoms with van der Waals surface area (Å²) in [5, 5.41) is 5.47. The van der Waals surface area contributed by atoms with Crippen LogP contribution in [0.25, 0.3) is 10.9 Å². The fraction of sp³-hybridized carbons (Fsp3) is 0.300. The molecule has 0 aliphatic carbocycles. The summed E-state index contributed by atoms with van der Waals surface area (Å²) >= 11 is 3.43. The molecule has 4 heteroatoms. The minimum absolute atomic E-state index is 0.861. The lowest BCUT2D eigenvalue weighted by molar-refractivity contribution is 0.419. The Labute approximate surface area is 90.8 Å². The highest BCUT2D eigenvalue weighted by Gasteiger charge is 2.10. The minimum atomic E-state index is 0.861. The van der Waals surface area contributed by atoms with Crippen molar-refractivity contribution in [3.05, 3.63) is 22.3 Å². The number of rotatable bonds is 1. The van der Waals surface area contributed by atoms with Crippen molar-refractivity contribution in [2.75, 3.05) is 7.11 Å². The molecule has 0 aliphatic rings. The van der Waals surface area contributed by atoms with Crippen LogP contribution in [0.3, 0.4) is 0 Å². The second kappa shape index (κ2) is 3.28. The molecule has 0 saturated carbocycles. The van der Waals surface area contributed by atoms with E-state index in [1.54, 1.807) is 7.11 Å². The molecule has 1 aromatic heterocycles. The van der Waals surface area contributed by atoms with Crippen LogP contribution >= 0.6 is 15.9 Å². The first-order chi connectivity index (χ1) is 6.63. The van der Waals surface area contributed by atoms with Gasteiger partial charge in [0.15, 0.2) is 0 Å². The number of hydrogen-bond acceptors (Lipinski definition) is 2. The predicted octanol–water partition coefficient (Wildman–Crippen LogP) is 2.65. The van der Waals surface area contributed by atoms with Crippen LogP contribution in [-0.2, 0) is 7.05 Å². The van der Waals surface area contributed by atoms with Crippen LogP contribution in [-0.4, -0.2) is 16.9 Å².